The summed E-state index contributed by atoms with van der Waals surface area (Å²) in [6.45, 7) is 12.0. The fourth-order valence-electron chi connectivity index (χ4n) is 2.44. The van der Waals surface area contributed by atoms with Gasteiger partial charge in [-0.3, -0.25) is 4.79 Å². The van der Waals surface area contributed by atoms with Crippen LogP contribution >= 0.6 is 0 Å². The van der Waals surface area contributed by atoms with Crippen LogP contribution in [0.5, 0.6) is 0 Å². The fourth-order valence-corrected chi connectivity index (χ4v) is 2.44. The van der Waals surface area contributed by atoms with E-state index in [0.717, 1.165) is 0 Å². The van der Waals surface area contributed by atoms with Crippen molar-refractivity contribution in [3.8, 4) is 6.07 Å². The van der Waals surface area contributed by atoms with Gasteiger partial charge in [-0.2, -0.15) is 5.26 Å². The topological polar surface area (TPSA) is 79.1 Å². The van der Waals surface area contributed by atoms with E-state index in [4.69, 9.17) is 4.74 Å². The fraction of sp³-hybridized carbons (Fsp3) is 0.200. The van der Waals surface area contributed by atoms with Crippen molar-refractivity contribution < 1.29 is 9.53 Å². The highest BCUT2D eigenvalue weighted by molar-refractivity contribution is 5.85. The molecule has 0 fully saturated rings. The number of para-hydroxylation sites is 2. The third-order valence-corrected chi connectivity index (χ3v) is 3.56. The molecule has 0 unspecified atom stereocenters. The van der Waals surface area contributed by atoms with E-state index in [2.05, 4.69) is 29.7 Å². The second kappa shape index (κ2) is 9.14. The highest BCUT2D eigenvalue weighted by Crippen LogP contribution is 2.28. The maximum atomic E-state index is 12.3. The number of carbonyl (C=O) groups is 1. The second-order valence-corrected chi connectivity index (χ2v) is 5.38. The van der Waals surface area contributed by atoms with Crippen molar-refractivity contribution in [3.05, 3.63) is 67.9 Å². The van der Waals surface area contributed by atoms with Gasteiger partial charge in [0.15, 0.2) is 11.7 Å². The molecule has 0 aliphatic rings. The molecule has 1 aromatic heterocycles. The molecule has 1 atom stereocenters. The van der Waals surface area contributed by atoms with Crippen molar-refractivity contribution in [2.24, 2.45) is 0 Å². The number of fused-ring (bicyclic) bond motifs is 1. The lowest BCUT2D eigenvalue weighted by molar-refractivity contribution is -0.142. The van der Waals surface area contributed by atoms with Crippen LogP contribution in [0.1, 0.15) is 11.6 Å². The average Bonchev–Trinajstić information content (AvgIpc) is 2.66. The minimum Gasteiger partial charge on any atom is -0.460 e. The highest BCUT2D eigenvalue weighted by Gasteiger charge is 2.29. The number of esters is 1. The summed E-state index contributed by atoms with van der Waals surface area (Å²) in [6, 6.07) is 9.27. The maximum absolute atomic E-state index is 12.3. The van der Waals surface area contributed by atoms with Gasteiger partial charge >= 0.3 is 5.97 Å². The Morgan fingerprint density at radius 3 is 2.31 bits per heavy atom. The molecule has 0 saturated heterocycles. The molecule has 0 aliphatic heterocycles. The summed E-state index contributed by atoms with van der Waals surface area (Å²) in [5, 5.41) is 9.58. The molecule has 0 bridgehead atoms. The van der Waals surface area contributed by atoms with Crippen molar-refractivity contribution in [3.63, 3.8) is 0 Å². The Kier molecular flexibility index (Phi) is 6.63. The van der Waals surface area contributed by atoms with Crippen LogP contribution in [0.3, 0.4) is 0 Å². The molecule has 6 heteroatoms. The van der Waals surface area contributed by atoms with Gasteiger partial charge in [-0.25, -0.2) is 9.97 Å². The zero-order valence-electron chi connectivity index (χ0n) is 14.5. The summed E-state index contributed by atoms with van der Waals surface area (Å²) in [5.41, 5.74) is 1.52. The van der Waals surface area contributed by atoms with Gasteiger partial charge in [-0.1, -0.05) is 36.9 Å². The second-order valence-electron chi connectivity index (χ2n) is 5.38. The monoisotopic (exact) mass is 348 g/mol. The molecule has 1 heterocycles. The standard InChI is InChI=1S/C20H20N4O2/c1-4-11-24(12-5-2)19-18(15(14-21)20(25)26-13-6-3)22-16-9-7-8-10-17(16)23-19/h4-10,15H,1-3,11-13H2/t15-/m0/s1. The number of benzene rings is 1. The smallest absolute Gasteiger partial charge is 0.330 e. The lowest BCUT2D eigenvalue weighted by Crippen LogP contribution is -2.28. The Hall–Kier alpha value is -3.46. The number of nitriles is 1. The largest absolute Gasteiger partial charge is 0.460 e. The van der Waals surface area contributed by atoms with Crippen molar-refractivity contribution in [2.45, 2.75) is 5.92 Å². The minimum atomic E-state index is -1.20. The summed E-state index contributed by atoms with van der Waals surface area (Å²) in [5.74, 6) is -1.44. The van der Waals surface area contributed by atoms with Crippen LogP contribution in [0.2, 0.25) is 0 Å². The van der Waals surface area contributed by atoms with Gasteiger partial charge in [0, 0.05) is 13.1 Å². The van der Waals surface area contributed by atoms with Gasteiger partial charge < -0.3 is 9.64 Å². The van der Waals surface area contributed by atoms with Crippen molar-refractivity contribution in [1.82, 2.24) is 9.97 Å². The van der Waals surface area contributed by atoms with Crippen LogP contribution in [0.25, 0.3) is 11.0 Å². The quantitative estimate of drug-likeness (QED) is 0.512. The van der Waals surface area contributed by atoms with E-state index in [1.54, 1.807) is 18.2 Å². The Labute approximate surface area is 152 Å². The molecule has 0 radical (unpaired) electrons. The third kappa shape index (κ3) is 4.14. The average molecular weight is 348 g/mol. The van der Waals surface area contributed by atoms with Crippen molar-refractivity contribution >= 4 is 22.8 Å². The first kappa shape index (κ1) is 18.9. The lowest BCUT2D eigenvalue weighted by Gasteiger charge is -2.24. The Morgan fingerprint density at radius 1 is 1.15 bits per heavy atom. The molecule has 132 valence electrons. The SMILES string of the molecule is C=CCOC(=O)[C@@H](C#N)c1nc2ccccc2nc1N(CC=C)CC=C. The lowest BCUT2D eigenvalue weighted by atomic mass is 10.1. The zero-order valence-corrected chi connectivity index (χ0v) is 14.5. The van der Waals surface area contributed by atoms with Crippen LogP contribution < -0.4 is 4.90 Å². The number of anilines is 1. The summed E-state index contributed by atoms with van der Waals surface area (Å²) in [6.07, 6.45) is 4.87. The first-order valence-electron chi connectivity index (χ1n) is 8.06. The molecule has 26 heavy (non-hydrogen) atoms. The summed E-state index contributed by atoms with van der Waals surface area (Å²) >= 11 is 0. The van der Waals surface area contributed by atoms with Crippen LogP contribution in [-0.4, -0.2) is 35.6 Å². The number of hydrogen-bond donors (Lipinski definition) is 0. The molecule has 0 saturated carbocycles. The van der Waals surface area contributed by atoms with Crippen molar-refractivity contribution in [1.29, 1.82) is 5.26 Å². The maximum Gasteiger partial charge on any atom is 0.330 e. The van der Waals surface area contributed by atoms with Gasteiger partial charge in [-0.15, -0.1) is 13.2 Å². The van der Waals surface area contributed by atoms with Gasteiger partial charge in [0.05, 0.1) is 17.1 Å². The third-order valence-electron chi connectivity index (χ3n) is 3.56. The Morgan fingerprint density at radius 2 is 1.77 bits per heavy atom. The molecule has 1 aromatic carbocycles. The molecule has 6 nitrogen and oxygen atoms in total. The highest BCUT2D eigenvalue weighted by atomic mass is 16.5. The summed E-state index contributed by atoms with van der Waals surface area (Å²) in [7, 11) is 0. The normalized spacial score (nSPS) is 11.2. The van der Waals surface area contributed by atoms with Crippen LogP contribution in [0.15, 0.2) is 62.2 Å². The van der Waals surface area contributed by atoms with Gasteiger partial charge in [0.25, 0.3) is 0 Å². The molecule has 0 amide bonds. The minimum absolute atomic E-state index is 0.0242. The van der Waals surface area contributed by atoms with E-state index >= 15 is 0 Å². The van der Waals surface area contributed by atoms with Gasteiger partial charge in [0.1, 0.15) is 12.3 Å². The first-order valence-corrected chi connectivity index (χ1v) is 8.06. The number of nitrogens with zero attached hydrogens (tertiary/aromatic N) is 4. The van der Waals surface area contributed by atoms with E-state index in [-0.39, 0.29) is 12.3 Å². The number of carbonyl (C=O) groups excluding carboxylic acids is 1. The number of rotatable bonds is 9. The van der Waals surface area contributed by atoms with Crippen LogP contribution in [0.4, 0.5) is 5.82 Å². The number of aromatic nitrogens is 2. The molecule has 2 rings (SSSR count). The van der Waals surface area contributed by atoms with E-state index in [1.807, 2.05) is 29.2 Å². The van der Waals surface area contributed by atoms with E-state index in [0.29, 0.717) is 29.9 Å². The molecule has 2 aromatic rings. The van der Waals surface area contributed by atoms with E-state index in [1.165, 1.54) is 6.08 Å². The summed E-state index contributed by atoms with van der Waals surface area (Å²) in [4.78, 5) is 23.4. The predicted molar refractivity (Wildman–Crippen MR) is 102 cm³/mol. The van der Waals surface area contributed by atoms with E-state index in [9.17, 15) is 10.1 Å². The van der Waals surface area contributed by atoms with Gasteiger partial charge in [0.2, 0.25) is 0 Å². The predicted octanol–water partition coefficient (Wildman–Crippen LogP) is 3.14. The number of ether oxygens (including phenoxy) is 1. The van der Waals surface area contributed by atoms with E-state index < -0.39 is 11.9 Å². The zero-order chi connectivity index (χ0) is 18.9. The summed E-state index contributed by atoms with van der Waals surface area (Å²) < 4.78 is 5.06. The molecule has 0 N–H and O–H groups in total. The van der Waals surface area contributed by atoms with Gasteiger partial charge in [-0.05, 0) is 12.1 Å². The molecular weight excluding hydrogens is 328 g/mol. The van der Waals surface area contributed by atoms with Crippen LogP contribution in [-0.2, 0) is 9.53 Å². The Balaban J connectivity index is 2.63. The molecule has 0 spiro atoms. The molecular formula is C20H20N4O2. The van der Waals surface area contributed by atoms with Crippen molar-refractivity contribution in [2.75, 3.05) is 24.6 Å². The molecule has 0 aliphatic carbocycles. The Bertz CT molecular complexity index is 860. The van der Waals surface area contributed by atoms with Crippen LogP contribution in [0, 0.1) is 11.3 Å². The number of hydrogen-bond acceptors (Lipinski definition) is 6. The first-order chi connectivity index (χ1) is 12.7.